The maximum Gasteiger partial charge on any atom is 0.335 e. The van der Waals surface area contributed by atoms with E-state index in [0.717, 1.165) is 5.56 Å². The van der Waals surface area contributed by atoms with Gasteiger partial charge in [0.25, 0.3) is 0 Å². The van der Waals surface area contributed by atoms with Crippen LogP contribution in [0.4, 0.5) is 0 Å². The maximum atomic E-state index is 10.9. The van der Waals surface area contributed by atoms with Crippen molar-refractivity contribution in [3.8, 4) is 22.6 Å². The van der Waals surface area contributed by atoms with Crippen LogP contribution in [0.1, 0.15) is 10.4 Å². The van der Waals surface area contributed by atoms with Crippen LogP contribution in [0.2, 0.25) is 0 Å². The van der Waals surface area contributed by atoms with Crippen molar-refractivity contribution in [1.82, 2.24) is 0 Å². The van der Waals surface area contributed by atoms with Gasteiger partial charge >= 0.3 is 5.97 Å². The lowest BCUT2D eigenvalue weighted by molar-refractivity contribution is 0.0696. The Hall–Kier alpha value is -2.49. The summed E-state index contributed by atoms with van der Waals surface area (Å²) in [4.78, 5) is 10.9. The molecule has 2 aromatic rings. The Labute approximate surface area is 104 Å². The van der Waals surface area contributed by atoms with Gasteiger partial charge in [-0.2, -0.15) is 0 Å². The molecule has 2 aromatic carbocycles. The third-order valence-electron chi connectivity index (χ3n) is 2.57. The van der Waals surface area contributed by atoms with Gasteiger partial charge in [-0.25, -0.2) is 4.79 Å². The van der Waals surface area contributed by atoms with Gasteiger partial charge in [0.2, 0.25) is 0 Å². The third kappa shape index (κ3) is 2.43. The van der Waals surface area contributed by atoms with Crippen molar-refractivity contribution in [3.05, 3.63) is 48.0 Å². The molecule has 0 atom stereocenters. The summed E-state index contributed by atoms with van der Waals surface area (Å²) in [7, 11) is 1.56. The Morgan fingerprint density at radius 3 is 2.56 bits per heavy atom. The topological polar surface area (TPSA) is 66.8 Å². The zero-order valence-corrected chi connectivity index (χ0v) is 9.75. The monoisotopic (exact) mass is 244 g/mol. The molecule has 0 saturated carbocycles. The smallest absolute Gasteiger partial charge is 0.335 e. The molecule has 18 heavy (non-hydrogen) atoms. The molecule has 0 aliphatic heterocycles. The lowest BCUT2D eigenvalue weighted by atomic mass is 10.0. The minimum absolute atomic E-state index is 0.0489. The number of phenolic OH excluding ortho intramolecular Hbond substituents is 1. The predicted molar refractivity (Wildman–Crippen MR) is 67.1 cm³/mol. The summed E-state index contributed by atoms with van der Waals surface area (Å²) in [5.41, 5.74) is 1.46. The number of carboxylic acids is 1. The van der Waals surface area contributed by atoms with Crippen molar-refractivity contribution in [1.29, 1.82) is 0 Å². The summed E-state index contributed by atoms with van der Waals surface area (Å²) in [6.07, 6.45) is 0. The highest BCUT2D eigenvalue weighted by Gasteiger charge is 2.08. The van der Waals surface area contributed by atoms with E-state index in [4.69, 9.17) is 9.84 Å². The number of methoxy groups -OCH3 is 1. The van der Waals surface area contributed by atoms with Crippen LogP contribution in [-0.2, 0) is 0 Å². The van der Waals surface area contributed by atoms with Crippen LogP contribution >= 0.6 is 0 Å². The molecule has 0 amide bonds. The lowest BCUT2D eigenvalue weighted by Gasteiger charge is -2.06. The average molecular weight is 244 g/mol. The van der Waals surface area contributed by atoms with Gasteiger partial charge in [-0.05, 0) is 41.5 Å². The molecule has 4 heteroatoms. The number of phenols is 1. The summed E-state index contributed by atoms with van der Waals surface area (Å²) in [5.74, 6) is -0.476. The standard InChI is InChI=1S/C14H12O4/c1-18-13-4-2-3-9(8-13)10-5-11(14(16)17)7-12(15)6-10/h2-8,15H,1H3,(H,16,17). The van der Waals surface area contributed by atoms with Crippen molar-refractivity contribution < 1.29 is 19.7 Å². The average Bonchev–Trinajstić information content (AvgIpc) is 2.38. The first-order chi connectivity index (χ1) is 8.60. The highest BCUT2D eigenvalue weighted by molar-refractivity contribution is 5.90. The van der Waals surface area contributed by atoms with E-state index < -0.39 is 5.97 Å². The molecule has 0 spiro atoms. The van der Waals surface area contributed by atoms with Crippen molar-refractivity contribution in [3.63, 3.8) is 0 Å². The number of hydrogen-bond donors (Lipinski definition) is 2. The van der Waals surface area contributed by atoms with Crippen LogP contribution in [0.5, 0.6) is 11.5 Å². The molecule has 2 rings (SSSR count). The highest BCUT2D eigenvalue weighted by Crippen LogP contribution is 2.28. The van der Waals surface area contributed by atoms with Crippen LogP contribution < -0.4 is 4.74 Å². The van der Waals surface area contributed by atoms with Crippen LogP contribution in [0.3, 0.4) is 0 Å². The normalized spacial score (nSPS) is 10.1. The van der Waals surface area contributed by atoms with Gasteiger partial charge in [0.1, 0.15) is 11.5 Å². The second-order valence-corrected chi connectivity index (χ2v) is 3.81. The molecular weight excluding hydrogens is 232 g/mol. The number of benzene rings is 2. The summed E-state index contributed by atoms with van der Waals surface area (Å²) in [6.45, 7) is 0. The van der Waals surface area contributed by atoms with Gasteiger partial charge in [-0.15, -0.1) is 0 Å². The largest absolute Gasteiger partial charge is 0.508 e. The Morgan fingerprint density at radius 1 is 1.11 bits per heavy atom. The molecule has 4 nitrogen and oxygen atoms in total. The zero-order valence-electron chi connectivity index (χ0n) is 9.75. The van der Waals surface area contributed by atoms with Crippen molar-refractivity contribution in [2.45, 2.75) is 0 Å². The molecule has 0 radical (unpaired) electrons. The molecule has 2 N–H and O–H groups in total. The molecule has 0 aromatic heterocycles. The molecule has 0 heterocycles. The molecule has 0 bridgehead atoms. The highest BCUT2D eigenvalue weighted by atomic mass is 16.5. The fourth-order valence-corrected chi connectivity index (χ4v) is 1.70. The van der Waals surface area contributed by atoms with E-state index in [0.29, 0.717) is 11.3 Å². The predicted octanol–water partition coefficient (Wildman–Crippen LogP) is 2.77. The number of rotatable bonds is 3. The minimum atomic E-state index is -1.07. The van der Waals surface area contributed by atoms with Gasteiger partial charge in [-0.3, -0.25) is 0 Å². The van der Waals surface area contributed by atoms with Crippen molar-refractivity contribution >= 4 is 5.97 Å². The number of ether oxygens (including phenoxy) is 1. The molecule has 0 unspecified atom stereocenters. The maximum absolute atomic E-state index is 10.9. The SMILES string of the molecule is COc1cccc(-c2cc(O)cc(C(=O)O)c2)c1. The summed E-state index contributed by atoms with van der Waals surface area (Å²) < 4.78 is 5.11. The quantitative estimate of drug-likeness (QED) is 0.871. The van der Waals surface area contributed by atoms with E-state index in [2.05, 4.69) is 0 Å². The van der Waals surface area contributed by atoms with E-state index in [1.165, 1.54) is 18.2 Å². The Kier molecular flexibility index (Phi) is 3.19. The first kappa shape index (κ1) is 12.0. The number of carbonyl (C=O) groups is 1. The van der Waals surface area contributed by atoms with Crippen molar-refractivity contribution in [2.24, 2.45) is 0 Å². The third-order valence-corrected chi connectivity index (χ3v) is 2.57. The van der Waals surface area contributed by atoms with Crippen LogP contribution in [0.15, 0.2) is 42.5 Å². The summed E-state index contributed by atoms with van der Waals surface area (Å²) >= 11 is 0. The molecule has 0 fully saturated rings. The van der Waals surface area contributed by atoms with Crippen LogP contribution in [-0.4, -0.2) is 23.3 Å². The number of carboxylic acid groups (broad SMARTS) is 1. The molecule has 0 aliphatic carbocycles. The molecular formula is C14H12O4. The molecule has 0 saturated heterocycles. The van der Waals surface area contributed by atoms with Gasteiger partial charge in [0.15, 0.2) is 0 Å². The number of aromatic hydroxyl groups is 1. The Balaban J connectivity index is 2.52. The van der Waals surface area contributed by atoms with Gasteiger partial charge in [0, 0.05) is 0 Å². The van der Waals surface area contributed by atoms with E-state index in [1.807, 2.05) is 6.07 Å². The number of aromatic carboxylic acids is 1. The van der Waals surface area contributed by atoms with Crippen LogP contribution in [0.25, 0.3) is 11.1 Å². The van der Waals surface area contributed by atoms with Gasteiger partial charge in [0.05, 0.1) is 12.7 Å². The Morgan fingerprint density at radius 2 is 1.89 bits per heavy atom. The van der Waals surface area contributed by atoms with Gasteiger partial charge in [-0.1, -0.05) is 12.1 Å². The van der Waals surface area contributed by atoms with E-state index in [-0.39, 0.29) is 11.3 Å². The molecule has 92 valence electrons. The first-order valence-corrected chi connectivity index (χ1v) is 5.32. The first-order valence-electron chi connectivity index (χ1n) is 5.32. The second-order valence-electron chi connectivity index (χ2n) is 3.81. The Bertz CT molecular complexity index is 590. The van der Waals surface area contributed by atoms with E-state index in [9.17, 15) is 9.90 Å². The van der Waals surface area contributed by atoms with E-state index >= 15 is 0 Å². The zero-order chi connectivity index (χ0) is 13.1. The fourth-order valence-electron chi connectivity index (χ4n) is 1.70. The second kappa shape index (κ2) is 4.79. The number of hydrogen-bond acceptors (Lipinski definition) is 3. The lowest BCUT2D eigenvalue weighted by Crippen LogP contribution is -1.96. The summed E-state index contributed by atoms with van der Waals surface area (Å²) in [5, 5.41) is 18.5. The minimum Gasteiger partial charge on any atom is -0.508 e. The molecule has 0 aliphatic rings. The fraction of sp³-hybridized carbons (Fsp3) is 0.0714. The van der Waals surface area contributed by atoms with Crippen LogP contribution in [0, 0.1) is 0 Å². The van der Waals surface area contributed by atoms with E-state index in [1.54, 1.807) is 25.3 Å². The summed E-state index contributed by atoms with van der Waals surface area (Å²) in [6, 6.07) is 11.4. The van der Waals surface area contributed by atoms with Gasteiger partial charge < -0.3 is 14.9 Å². The van der Waals surface area contributed by atoms with Crippen molar-refractivity contribution in [2.75, 3.05) is 7.11 Å².